The van der Waals surface area contributed by atoms with Crippen LogP contribution in [-0.4, -0.2) is 0 Å². The molecular formula is C14H13Cl2N. The second-order valence-electron chi connectivity index (χ2n) is 4.03. The zero-order valence-electron chi connectivity index (χ0n) is 9.45. The Morgan fingerprint density at radius 1 is 1.00 bits per heavy atom. The molecule has 3 heteroatoms. The van der Waals surface area contributed by atoms with Gasteiger partial charge in [0.15, 0.2) is 0 Å². The van der Waals surface area contributed by atoms with Crippen LogP contribution in [0, 0.1) is 6.92 Å². The largest absolute Gasteiger partial charge is 0.320 e. The first-order valence-corrected chi connectivity index (χ1v) is 6.10. The standard InChI is InChI=1S/C14H13Cl2N/c1-9-7-12(16)5-6-13(9)14(17)10-3-2-4-11(15)8-10/h2-8,14H,17H2,1H3. The van der Waals surface area contributed by atoms with Gasteiger partial charge in [-0.1, -0.05) is 41.4 Å². The quantitative estimate of drug-likeness (QED) is 0.859. The number of hydrogen-bond donors (Lipinski definition) is 1. The van der Waals surface area contributed by atoms with E-state index in [4.69, 9.17) is 28.9 Å². The van der Waals surface area contributed by atoms with Gasteiger partial charge in [-0.15, -0.1) is 0 Å². The number of aryl methyl sites for hydroxylation is 1. The molecule has 0 aliphatic heterocycles. The van der Waals surface area contributed by atoms with Crippen LogP contribution >= 0.6 is 23.2 Å². The minimum Gasteiger partial charge on any atom is -0.320 e. The summed E-state index contributed by atoms with van der Waals surface area (Å²) in [6.45, 7) is 2.01. The lowest BCUT2D eigenvalue weighted by Crippen LogP contribution is -2.13. The molecule has 0 aliphatic rings. The van der Waals surface area contributed by atoms with Crippen LogP contribution in [0.3, 0.4) is 0 Å². The summed E-state index contributed by atoms with van der Waals surface area (Å²) in [5.41, 5.74) is 9.39. The zero-order valence-corrected chi connectivity index (χ0v) is 11.0. The molecule has 1 nitrogen and oxygen atoms in total. The van der Waals surface area contributed by atoms with Crippen molar-refractivity contribution in [3.8, 4) is 0 Å². The highest BCUT2D eigenvalue weighted by Gasteiger charge is 2.11. The average Bonchev–Trinajstić information content (AvgIpc) is 2.28. The van der Waals surface area contributed by atoms with Crippen molar-refractivity contribution in [2.75, 3.05) is 0 Å². The second-order valence-corrected chi connectivity index (χ2v) is 4.91. The van der Waals surface area contributed by atoms with E-state index in [1.54, 1.807) is 0 Å². The summed E-state index contributed by atoms with van der Waals surface area (Å²) in [5.74, 6) is 0. The molecule has 0 aliphatic carbocycles. The van der Waals surface area contributed by atoms with E-state index in [0.717, 1.165) is 21.7 Å². The predicted octanol–water partition coefficient (Wildman–Crippen LogP) is 4.35. The van der Waals surface area contributed by atoms with Crippen LogP contribution in [0.15, 0.2) is 42.5 Å². The van der Waals surface area contributed by atoms with Crippen molar-refractivity contribution in [2.45, 2.75) is 13.0 Å². The van der Waals surface area contributed by atoms with Crippen molar-refractivity contribution in [3.63, 3.8) is 0 Å². The van der Waals surface area contributed by atoms with E-state index in [1.165, 1.54) is 0 Å². The van der Waals surface area contributed by atoms with Crippen LogP contribution < -0.4 is 5.73 Å². The van der Waals surface area contributed by atoms with Crippen LogP contribution in [0.25, 0.3) is 0 Å². The molecule has 2 N–H and O–H groups in total. The van der Waals surface area contributed by atoms with Crippen LogP contribution in [0.1, 0.15) is 22.7 Å². The molecule has 0 saturated carbocycles. The Kier molecular flexibility index (Phi) is 3.72. The monoisotopic (exact) mass is 265 g/mol. The molecule has 2 aromatic rings. The summed E-state index contributed by atoms with van der Waals surface area (Å²) in [6.07, 6.45) is 0. The number of halogens is 2. The Bertz CT molecular complexity index is 537. The van der Waals surface area contributed by atoms with Gasteiger partial charge in [-0.2, -0.15) is 0 Å². The third-order valence-corrected chi connectivity index (χ3v) is 3.24. The van der Waals surface area contributed by atoms with Gasteiger partial charge in [-0.05, 0) is 47.9 Å². The summed E-state index contributed by atoms with van der Waals surface area (Å²) in [4.78, 5) is 0. The molecule has 17 heavy (non-hydrogen) atoms. The van der Waals surface area contributed by atoms with Crippen molar-refractivity contribution in [1.82, 2.24) is 0 Å². The summed E-state index contributed by atoms with van der Waals surface area (Å²) >= 11 is 11.9. The maximum atomic E-state index is 6.23. The zero-order chi connectivity index (χ0) is 12.4. The number of benzene rings is 2. The number of nitrogens with two attached hydrogens (primary N) is 1. The van der Waals surface area contributed by atoms with E-state index in [1.807, 2.05) is 49.4 Å². The molecule has 2 aromatic carbocycles. The Morgan fingerprint density at radius 2 is 1.71 bits per heavy atom. The Morgan fingerprint density at radius 3 is 2.35 bits per heavy atom. The lowest BCUT2D eigenvalue weighted by Gasteiger charge is -2.15. The SMILES string of the molecule is Cc1cc(Cl)ccc1C(N)c1cccc(Cl)c1. The summed E-state index contributed by atoms with van der Waals surface area (Å²) in [7, 11) is 0. The van der Waals surface area contributed by atoms with E-state index in [0.29, 0.717) is 5.02 Å². The molecule has 0 aromatic heterocycles. The maximum absolute atomic E-state index is 6.23. The summed E-state index contributed by atoms with van der Waals surface area (Å²) in [5, 5.41) is 1.43. The highest BCUT2D eigenvalue weighted by molar-refractivity contribution is 6.31. The molecule has 1 atom stereocenters. The van der Waals surface area contributed by atoms with E-state index in [2.05, 4.69) is 0 Å². The molecule has 0 saturated heterocycles. The first kappa shape index (κ1) is 12.4. The average molecular weight is 266 g/mol. The smallest absolute Gasteiger partial charge is 0.0554 e. The molecule has 88 valence electrons. The lowest BCUT2D eigenvalue weighted by molar-refractivity contribution is 0.862. The molecule has 0 spiro atoms. The first-order valence-electron chi connectivity index (χ1n) is 5.35. The van der Waals surface area contributed by atoms with Gasteiger partial charge in [0.05, 0.1) is 6.04 Å². The van der Waals surface area contributed by atoms with Crippen molar-refractivity contribution in [3.05, 3.63) is 69.2 Å². The van der Waals surface area contributed by atoms with Gasteiger partial charge in [-0.3, -0.25) is 0 Å². The first-order chi connectivity index (χ1) is 8.08. The van der Waals surface area contributed by atoms with Crippen LogP contribution in [0.2, 0.25) is 10.0 Å². The van der Waals surface area contributed by atoms with Crippen LogP contribution in [0.5, 0.6) is 0 Å². The minimum atomic E-state index is -0.175. The van der Waals surface area contributed by atoms with E-state index >= 15 is 0 Å². The van der Waals surface area contributed by atoms with Gasteiger partial charge >= 0.3 is 0 Å². The normalized spacial score (nSPS) is 12.5. The minimum absolute atomic E-state index is 0.175. The predicted molar refractivity (Wildman–Crippen MR) is 73.7 cm³/mol. The molecule has 0 heterocycles. The molecule has 0 amide bonds. The second kappa shape index (κ2) is 5.09. The highest BCUT2D eigenvalue weighted by atomic mass is 35.5. The van der Waals surface area contributed by atoms with Gasteiger partial charge < -0.3 is 5.73 Å². The van der Waals surface area contributed by atoms with Gasteiger partial charge in [0.2, 0.25) is 0 Å². The van der Waals surface area contributed by atoms with E-state index in [-0.39, 0.29) is 6.04 Å². The fourth-order valence-electron chi connectivity index (χ4n) is 1.87. The molecule has 0 fully saturated rings. The third-order valence-electron chi connectivity index (χ3n) is 2.77. The van der Waals surface area contributed by atoms with Crippen molar-refractivity contribution in [2.24, 2.45) is 5.73 Å². The van der Waals surface area contributed by atoms with Gasteiger partial charge in [0.25, 0.3) is 0 Å². The van der Waals surface area contributed by atoms with E-state index < -0.39 is 0 Å². The number of hydrogen-bond acceptors (Lipinski definition) is 1. The topological polar surface area (TPSA) is 26.0 Å². The molecule has 2 rings (SSSR count). The lowest BCUT2D eigenvalue weighted by atomic mass is 9.96. The molecule has 0 radical (unpaired) electrons. The molecular weight excluding hydrogens is 253 g/mol. The van der Waals surface area contributed by atoms with Gasteiger partial charge in [-0.25, -0.2) is 0 Å². The fourth-order valence-corrected chi connectivity index (χ4v) is 2.29. The Labute approximate surface area is 111 Å². The van der Waals surface area contributed by atoms with Gasteiger partial charge in [0, 0.05) is 10.0 Å². The Hall–Kier alpha value is -1.02. The van der Waals surface area contributed by atoms with Crippen LogP contribution in [-0.2, 0) is 0 Å². The van der Waals surface area contributed by atoms with Crippen LogP contribution in [0.4, 0.5) is 0 Å². The van der Waals surface area contributed by atoms with Crippen molar-refractivity contribution < 1.29 is 0 Å². The van der Waals surface area contributed by atoms with Crippen molar-refractivity contribution >= 4 is 23.2 Å². The van der Waals surface area contributed by atoms with Crippen molar-refractivity contribution in [1.29, 1.82) is 0 Å². The molecule has 0 bridgehead atoms. The summed E-state index contributed by atoms with van der Waals surface area (Å²) < 4.78 is 0. The Balaban J connectivity index is 2.40. The maximum Gasteiger partial charge on any atom is 0.0554 e. The molecule has 1 unspecified atom stereocenters. The third kappa shape index (κ3) is 2.81. The summed E-state index contributed by atoms with van der Waals surface area (Å²) in [6, 6.07) is 13.2. The van der Waals surface area contributed by atoms with E-state index in [9.17, 15) is 0 Å². The van der Waals surface area contributed by atoms with Gasteiger partial charge in [0.1, 0.15) is 0 Å². The number of rotatable bonds is 2. The highest BCUT2D eigenvalue weighted by Crippen LogP contribution is 2.26. The fraction of sp³-hybridized carbons (Fsp3) is 0.143.